The van der Waals surface area contributed by atoms with Gasteiger partial charge in [0.2, 0.25) is 5.91 Å². The molecule has 0 N–H and O–H groups in total. The number of alkyl halides is 1. The number of rotatable bonds is 3. The van der Waals surface area contributed by atoms with Crippen LogP contribution in [0.2, 0.25) is 0 Å². The van der Waals surface area contributed by atoms with Gasteiger partial charge in [-0.3, -0.25) is 9.48 Å². The Morgan fingerprint density at radius 1 is 1.62 bits per heavy atom. The third kappa shape index (κ3) is 2.07. The summed E-state index contributed by atoms with van der Waals surface area (Å²) in [6.45, 7) is 3.45. The minimum absolute atomic E-state index is 0.203. The molecule has 4 nitrogen and oxygen atoms in total. The molecule has 16 heavy (non-hydrogen) atoms. The number of amides is 1. The third-order valence-electron chi connectivity index (χ3n) is 3.21. The average molecular weight is 242 g/mol. The van der Waals surface area contributed by atoms with Crippen LogP contribution in [0, 0.1) is 12.8 Å². The third-order valence-corrected chi connectivity index (χ3v) is 3.65. The maximum atomic E-state index is 11.7. The van der Waals surface area contributed by atoms with Crippen molar-refractivity contribution in [2.75, 3.05) is 12.4 Å². The van der Waals surface area contributed by atoms with Gasteiger partial charge in [-0.25, -0.2) is 0 Å². The molecule has 88 valence electrons. The van der Waals surface area contributed by atoms with Crippen LogP contribution in [0.4, 0.5) is 0 Å². The molecular weight excluding hydrogens is 226 g/mol. The van der Waals surface area contributed by atoms with Crippen molar-refractivity contribution in [3.8, 4) is 0 Å². The Kier molecular flexibility index (Phi) is 3.19. The largest absolute Gasteiger partial charge is 0.338 e. The Bertz CT molecular complexity index is 402. The molecule has 1 aliphatic heterocycles. The molecule has 1 unspecified atom stereocenters. The average Bonchev–Trinajstić information content (AvgIpc) is 2.77. The van der Waals surface area contributed by atoms with E-state index in [4.69, 9.17) is 11.6 Å². The van der Waals surface area contributed by atoms with Crippen molar-refractivity contribution in [2.24, 2.45) is 13.0 Å². The molecule has 2 rings (SSSR count). The molecule has 1 fully saturated rings. The zero-order valence-corrected chi connectivity index (χ0v) is 10.4. The number of carbonyl (C=O) groups excluding carboxylic acids is 1. The van der Waals surface area contributed by atoms with E-state index in [0.717, 1.165) is 17.8 Å². The number of aromatic nitrogens is 2. The SMILES string of the molecule is Cc1c(CN2CC(CCl)CC2=O)cnn1C. The Balaban J connectivity index is 2.05. The molecule has 1 aromatic heterocycles. The molecule has 0 aromatic carbocycles. The van der Waals surface area contributed by atoms with Gasteiger partial charge >= 0.3 is 0 Å². The van der Waals surface area contributed by atoms with Crippen molar-refractivity contribution in [3.05, 3.63) is 17.5 Å². The molecule has 1 aliphatic rings. The lowest BCUT2D eigenvalue weighted by Crippen LogP contribution is -2.25. The summed E-state index contributed by atoms with van der Waals surface area (Å²) in [6, 6.07) is 0. The quantitative estimate of drug-likeness (QED) is 0.749. The summed E-state index contributed by atoms with van der Waals surface area (Å²) in [5.41, 5.74) is 2.23. The summed E-state index contributed by atoms with van der Waals surface area (Å²) >= 11 is 5.78. The fourth-order valence-corrected chi connectivity index (χ4v) is 2.22. The van der Waals surface area contributed by atoms with Gasteiger partial charge in [0.05, 0.1) is 6.20 Å². The van der Waals surface area contributed by atoms with Gasteiger partial charge in [0.25, 0.3) is 0 Å². The van der Waals surface area contributed by atoms with Crippen LogP contribution in [0.1, 0.15) is 17.7 Å². The Labute approximate surface area is 100 Å². The summed E-state index contributed by atoms with van der Waals surface area (Å²) in [4.78, 5) is 13.6. The monoisotopic (exact) mass is 241 g/mol. The summed E-state index contributed by atoms with van der Waals surface area (Å²) in [5, 5.41) is 4.18. The highest BCUT2D eigenvalue weighted by Crippen LogP contribution is 2.21. The number of nitrogens with zero attached hydrogens (tertiary/aromatic N) is 3. The summed E-state index contributed by atoms with van der Waals surface area (Å²) < 4.78 is 1.83. The van der Waals surface area contributed by atoms with Gasteiger partial charge in [-0.05, 0) is 12.8 Å². The van der Waals surface area contributed by atoms with Crippen LogP contribution in [0.25, 0.3) is 0 Å². The van der Waals surface area contributed by atoms with E-state index in [1.807, 2.05) is 29.7 Å². The second-order valence-electron chi connectivity index (χ2n) is 4.38. The van der Waals surface area contributed by atoms with Gasteiger partial charge in [0.1, 0.15) is 0 Å². The van der Waals surface area contributed by atoms with Crippen LogP contribution in [0.5, 0.6) is 0 Å². The van der Waals surface area contributed by atoms with E-state index in [1.165, 1.54) is 0 Å². The number of likely N-dealkylation sites (tertiary alicyclic amines) is 1. The van der Waals surface area contributed by atoms with E-state index in [2.05, 4.69) is 5.10 Å². The minimum Gasteiger partial charge on any atom is -0.338 e. The highest BCUT2D eigenvalue weighted by Gasteiger charge is 2.29. The van der Waals surface area contributed by atoms with E-state index in [9.17, 15) is 4.79 Å². The number of carbonyl (C=O) groups is 1. The second-order valence-corrected chi connectivity index (χ2v) is 4.69. The van der Waals surface area contributed by atoms with Crippen LogP contribution >= 0.6 is 11.6 Å². The second kappa shape index (κ2) is 4.45. The van der Waals surface area contributed by atoms with E-state index in [1.54, 1.807) is 0 Å². The van der Waals surface area contributed by atoms with E-state index >= 15 is 0 Å². The standard InChI is InChI=1S/C11H16ClN3O/c1-8-10(5-13-14(8)2)7-15-6-9(4-12)3-11(15)16/h5,9H,3-4,6-7H2,1-2H3. The first kappa shape index (κ1) is 11.5. The topological polar surface area (TPSA) is 38.1 Å². The van der Waals surface area contributed by atoms with Crippen LogP contribution < -0.4 is 0 Å². The smallest absolute Gasteiger partial charge is 0.223 e. The van der Waals surface area contributed by atoms with Crippen LogP contribution in [-0.2, 0) is 18.4 Å². The molecule has 1 atom stereocenters. The van der Waals surface area contributed by atoms with Crippen molar-refractivity contribution in [2.45, 2.75) is 19.9 Å². The maximum Gasteiger partial charge on any atom is 0.223 e. The molecule has 1 aromatic rings. The number of halogens is 1. The van der Waals surface area contributed by atoms with Crippen molar-refractivity contribution >= 4 is 17.5 Å². The molecule has 1 saturated heterocycles. The highest BCUT2D eigenvalue weighted by molar-refractivity contribution is 6.18. The first-order valence-electron chi connectivity index (χ1n) is 5.43. The lowest BCUT2D eigenvalue weighted by atomic mass is 10.1. The Hall–Kier alpha value is -1.03. The van der Waals surface area contributed by atoms with Gasteiger partial charge < -0.3 is 4.90 Å². The van der Waals surface area contributed by atoms with Gasteiger partial charge in [0.15, 0.2) is 0 Å². The minimum atomic E-state index is 0.203. The number of aryl methyl sites for hydroxylation is 1. The molecule has 0 saturated carbocycles. The first-order valence-corrected chi connectivity index (χ1v) is 5.96. The van der Waals surface area contributed by atoms with E-state index in [0.29, 0.717) is 24.8 Å². The molecule has 2 heterocycles. The highest BCUT2D eigenvalue weighted by atomic mass is 35.5. The lowest BCUT2D eigenvalue weighted by molar-refractivity contribution is -0.128. The van der Waals surface area contributed by atoms with Crippen molar-refractivity contribution in [1.29, 1.82) is 0 Å². The van der Waals surface area contributed by atoms with Crippen LogP contribution in [0.15, 0.2) is 6.20 Å². The van der Waals surface area contributed by atoms with Gasteiger partial charge in [-0.1, -0.05) is 0 Å². The summed E-state index contributed by atoms with van der Waals surface area (Å²) in [7, 11) is 1.91. The van der Waals surface area contributed by atoms with Crippen LogP contribution in [-0.4, -0.2) is 33.0 Å². The molecule has 5 heteroatoms. The van der Waals surface area contributed by atoms with Gasteiger partial charge in [-0.2, -0.15) is 5.10 Å². The normalized spacial score (nSPS) is 20.8. The number of hydrogen-bond donors (Lipinski definition) is 0. The molecule has 0 bridgehead atoms. The zero-order valence-electron chi connectivity index (χ0n) is 9.61. The molecule has 0 aliphatic carbocycles. The predicted octanol–water partition coefficient (Wildman–Crippen LogP) is 1.32. The Morgan fingerprint density at radius 3 is 2.88 bits per heavy atom. The fourth-order valence-electron chi connectivity index (χ4n) is 2.02. The van der Waals surface area contributed by atoms with Crippen LogP contribution in [0.3, 0.4) is 0 Å². The van der Waals surface area contributed by atoms with Crippen molar-refractivity contribution in [1.82, 2.24) is 14.7 Å². The molecule has 1 amide bonds. The summed E-state index contributed by atoms with van der Waals surface area (Å²) in [6.07, 6.45) is 2.42. The predicted molar refractivity (Wildman–Crippen MR) is 62.2 cm³/mol. The van der Waals surface area contributed by atoms with Gasteiger partial charge in [0, 0.05) is 43.7 Å². The van der Waals surface area contributed by atoms with E-state index < -0.39 is 0 Å². The van der Waals surface area contributed by atoms with Crippen molar-refractivity contribution in [3.63, 3.8) is 0 Å². The molecule has 0 spiro atoms. The molecular formula is C11H16ClN3O. The van der Waals surface area contributed by atoms with Crippen molar-refractivity contribution < 1.29 is 4.79 Å². The van der Waals surface area contributed by atoms with Gasteiger partial charge in [-0.15, -0.1) is 11.6 Å². The molecule has 0 radical (unpaired) electrons. The zero-order chi connectivity index (χ0) is 11.7. The maximum absolute atomic E-state index is 11.7. The summed E-state index contributed by atoms with van der Waals surface area (Å²) in [5.74, 6) is 1.08. The van der Waals surface area contributed by atoms with E-state index in [-0.39, 0.29) is 5.91 Å². The first-order chi connectivity index (χ1) is 7.61. The number of hydrogen-bond acceptors (Lipinski definition) is 2. The lowest BCUT2D eigenvalue weighted by Gasteiger charge is -2.15. The Morgan fingerprint density at radius 2 is 2.38 bits per heavy atom. The fraction of sp³-hybridized carbons (Fsp3) is 0.636.